The molecule has 1 unspecified atom stereocenters. The molecule has 1 N–H and O–H groups in total. The molecule has 4 heteroatoms. The molecular weight excluding hydrogens is 218 g/mol. The molecule has 0 radical (unpaired) electrons. The van der Waals surface area contributed by atoms with Gasteiger partial charge >= 0.3 is 0 Å². The van der Waals surface area contributed by atoms with E-state index in [0.29, 0.717) is 6.04 Å². The smallest absolute Gasteiger partial charge is 0.0801 e. The van der Waals surface area contributed by atoms with Crippen LogP contribution in [0.1, 0.15) is 50.2 Å². The number of nitrogens with zero attached hydrogens (tertiary/aromatic N) is 2. The third-order valence-electron chi connectivity index (χ3n) is 2.43. The molecule has 0 amide bonds. The monoisotopic (exact) mass is 239 g/mol. The summed E-state index contributed by atoms with van der Waals surface area (Å²) in [5, 5.41) is 7.72. The molecule has 1 aromatic heterocycles. The van der Waals surface area contributed by atoms with Crippen molar-refractivity contribution in [3.63, 3.8) is 0 Å². The highest BCUT2D eigenvalue weighted by atomic mass is 32.1. The van der Waals surface area contributed by atoms with Crippen LogP contribution in [0.4, 0.5) is 0 Å². The highest BCUT2D eigenvalue weighted by Crippen LogP contribution is 2.26. The zero-order valence-corrected chi connectivity index (χ0v) is 11.2. The molecule has 0 spiro atoms. The Labute approximate surface area is 102 Å². The second-order valence-corrected chi connectivity index (χ2v) is 4.89. The van der Waals surface area contributed by atoms with Crippen LogP contribution in [0.3, 0.4) is 0 Å². The van der Waals surface area contributed by atoms with E-state index in [1.165, 1.54) is 22.0 Å². The summed E-state index contributed by atoms with van der Waals surface area (Å²) in [5.41, 5.74) is 2.32. The van der Waals surface area contributed by atoms with Gasteiger partial charge in [-0.25, -0.2) is 0 Å². The van der Waals surface area contributed by atoms with E-state index in [0.717, 1.165) is 31.5 Å². The second kappa shape index (κ2) is 6.76. The van der Waals surface area contributed by atoms with Crippen LogP contribution in [0, 0.1) is 0 Å². The second-order valence-electron chi connectivity index (χ2n) is 4.11. The first-order valence-corrected chi connectivity index (χ1v) is 6.65. The van der Waals surface area contributed by atoms with Crippen molar-refractivity contribution in [3.8, 4) is 0 Å². The molecule has 16 heavy (non-hydrogen) atoms. The predicted molar refractivity (Wildman–Crippen MR) is 69.8 cm³/mol. The summed E-state index contributed by atoms with van der Waals surface area (Å²) >= 11 is 1.51. The average Bonchev–Trinajstić information content (AvgIpc) is 2.71. The van der Waals surface area contributed by atoms with Gasteiger partial charge in [0, 0.05) is 6.04 Å². The van der Waals surface area contributed by atoms with E-state index in [9.17, 15) is 0 Å². The molecule has 1 atom stereocenters. The van der Waals surface area contributed by atoms with E-state index in [-0.39, 0.29) is 0 Å². The van der Waals surface area contributed by atoms with Crippen molar-refractivity contribution >= 4 is 11.5 Å². The minimum Gasteiger partial charge on any atom is -0.309 e. The highest BCUT2D eigenvalue weighted by molar-refractivity contribution is 7.05. The van der Waals surface area contributed by atoms with E-state index in [1.807, 2.05) is 0 Å². The van der Waals surface area contributed by atoms with Crippen molar-refractivity contribution in [2.45, 2.75) is 46.1 Å². The zero-order chi connectivity index (χ0) is 12.0. The average molecular weight is 239 g/mol. The topological polar surface area (TPSA) is 37.8 Å². The van der Waals surface area contributed by atoms with Crippen LogP contribution in [0.15, 0.2) is 12.2 Å². The zero-order valence-electron chi connectivity index (χ0n) is 10.4. The summed E-state index contributed by atoms with van der Waals surface area (Å²) in [7, 11) is 0. The quantitative estimate of drug-likeness (QED) is 0.743. The van der Waals surface area contributed by atoms with Gasteiger partial charge in [-0.2, -0.15) is 0 Å². The van der Waals surface area contributed by atoms with Gasteiger partial charge in [-0.1, -0.05) is 23.9 Å². The molecule has 90 valence electrons. The lowest BCUT2D eigenvalue weighted by molar-refractivity contribution is 0.531. The number of aryl methyl sites for hydroxylation is 1. The van der Waals surface area contributed by atoms with Crippen molar-refractivity contribution in [2.75, 3.05) is 6.54 Å². The Morgan fingerprint density at radius 3 is 2.81 bits per heavy atom. The van der Waals surface area contributed by atoms with Gasteiger partial charge in [-0.15, -0.1) is 11.7 Å². The third kappa shape index (κ3) is 3.68. The van der Waals surface area contributed by atoms with Gasteiger partial charge in [0.25, 0.3) is 0 Å². The Balaban J connectivity index is 2.78. The maximum absolute atomic E-state index is 4.17. The molecule has 0 aliphatic carbocycles. The van der Waals surface area contributed by atoms with Gasteiger partial charge in [0.15, 0.2) is 0 Å². The SMILES string of the molecule is C=C(C)CC(NCCC)c1snnc1CC. The van der Waals surface area contributed by atoms with E-state index in [2.05, 4.69) is 42.3 Å². The molecule has 0 saturated carbocycles. The fourth-order valence-corrected chi connectivity index (χ4v) is 2.46. The highest BCUT2D eigenvalue weighted by Gasteiger charge is 2.17. The Hall–Kier alpha value is -0.740. The maximum Gasteiger partial charge on any atom is 0.0801 e. The number of nitrogens with one attached hydrogen (secondary N) is 1. The molecule has 0 aliphatic rings. The van der Waals surface area contributed by atoms with Crippen LogP contribution in [0.2, 0.25) is 0 Å². The lowest BCUT2D eigenvalue weighted by atomic mass is 10.1. The summed E-state index contributed by atoms with van der Waals surface area (Å²) in [6, 6.07) is 0.340. The molecular formula is C12H21N3S. The first-order chi connectivity index (χ1) is 7.69. The lowest BCUT2D eigenvalue weighted by Crippen LogP contribution is -2.22. The summed E-state index contributed by atoms with van der Waals surface area (Å²) < 4.78 is 4.05. The molecule has 1 heterocycles. The summed E-state index contributed by atoms with van der Waals surface area (Å²) in [4.78, 5) is 1.28. The summed E-state index contributed by atoms with van der Waals surface area (Å²) in [6.07, 6.45) is 3.06. The van der Waals surface area contributed by atoms with E-state index >= 15 is 0 Å². The predicted octanol–water partition coefficient (Wildman–Crippen LogP) is 3.11. The lowest BCUT2D eigenvalue weighted by Gasteiger charge is -2.17. The van der Waals surface area contributed by atoms with Gasteiger partial charge in [0.05, 0.1) is 10.6 Å². The number of aromatic nitrogens is 2. The standard InChI is InChI=1S/C12H21N3S/c1-5-7-13-11(8-9(3)4)12-10(6-2)14-15-16-12/h11,13H,3,5-8H2,1-2,4H3. The fourth-order valence-electron chi connectivity index (χ4n) is 1.65. The van der Waals surface area contributed by atoms with Crippen LogP contribution in [0.5, 0.6) is 0 Å². The Bertz CT molecular complexity index is 333. The number of hydrogen-bond acceptors (Lipinski definition) is 4. The molecule has 0 aliphatic heterocycles. The summed E-state index contributed by atoms with van der Waals surface area (Å²) in [5.74, 6) is 0. The molecule has 1 aromatic rings. The normalized spacial score (nSPS) is 12.7. The Morgan fingerprint density at radius 2 is 2.25 bits per heavy atom. The van der Waals surface area contributed by atoms with Crippen LogP contribution in [-0.4, -0.2) is 16.1 Å². The van der Waals surface area contributed by atoms with Crippen molar-refractivity contribution in [3.05, 3.63) is 22.7 Å². The van der Waals surface area contributed by atoms with E-state index in [1.54, 1.807) is 0 Å². The number of rotatable bonds is 7. The third-order valence-corrected chi connectivity index (χ3v) is 3.31. The Morgan fingerprint density at radius 1 is 1.50 bits per heavy atom. The molecule has 1 rings (SSSR count). The van der Waals surface area contributed by atoms with Crippen LogP contribution in [-0.2, 0) is 6.42 Å². The molecule has 3 nitrogen and oxygen atoms in total. The van der Waals surface area contributed by atoms with Crippen LogP contribution < -0.4 is 5.32 Å². The minimum absolute atomic E-state index is 0.340. The van der Waals surface area contributed by atoms with Crippen molar-refractivity contribution in [2.24, 2.45) is 0 Å². The minimum atomic E-state index is 0.340. The first-order valence-electron chi connectivity index (χ1n) is 5.87. The summed E-state index contributed by atoms with van der Waals surface area (Å²) in [6.45, 7) is 11.4. The van der Waals surface area contributed by atoms with Gasteiger partial charge in [0.2, 0.25) is 0 Å². The molecule has 0 aromatic carbocycles. The van der Waals surface area contributed by atoms with Crippen molar-refractivity contribution in [1.82, 2.24) is 14.9 Å². The van der Waals surface area contributed by atoms with Crippen LogP contribution >= 0.6 is 11.5 Å². The van der Waals surface area contributed by atoms with Gasteiger partial charge in [0.1, 0.15) is 0 Å². The fraction of sp³-hybridized carbons (Fsp3) is 0.667. The van der Waals surface area contributed by atoms with E-state index in [4.69, 9.17) is 0 Å². The number of hydrogen-bond donors (Lipinski definition) is 1. The van der Waals surface area contributed by atoms with Gasteiger partial charge < -0.3 is 5.32 Å². The van der Waals surface area contributed by atoms with Gasteiger partial charge in [-0.05, 0) is 44.3 Å². The molecule has 0 saturated heterocycles. The van der Waals surface area contributed by atoms with Crippen LogP contribution in [0.25, 0.3) is 0 Å². The van der Waals surface area contributed by atoms with Crippen molar-refractivity contribution in [1.29, 1.82) is 0 Å². The van der Waals surface area contributed by atoms with Crippen molar-refractivity contribution < 1.29 is 0 Å². The molecule has 0 fully saturated rings. The van der Waals surface area contributed by atoms with E-state index < -0.39 is 0 Å². The first kappa shape index (κ1) is 13.3. The Kier molecular flexibility index (Phi) is 5.63. The maximum atomic E-state index is 4.17. The molecule has 0 bridgehead atoms. The largest absolute Gasteiger partial charge is 0.309 e. The van der Waals surface area contributed by atoms with Gasteiger partial charge in [-0.3, -0.25) is 0 Å².